The van der Waals surface area contributed by atoms with Crippen molar-refractivity contribution in [1.82, 2.24) is 19.7 Å². The second kappa shape index (κ2) is 8.63. The molecule has 1 N–H and O–H groups in total. The lowest BCUT2D eigenvalue weighted by molar-refractivity contribution is 0.100. The largest absolute Gasteiger partial charge is 0.497 e. The molecule has 0 saturated carbocycles. The van der Waals surface area contributed by atoms with Gasteiger partial charge in [0.15, 0.2) is 0 Å². The first-order chi connectivity index (χ1) is 15.6. The zero-order chi connectivity index (χ0) is 22.1. The monoisotopic (exact) mass is 433 g/mol. The van der Waals surface area contributed by atoms with Crippen LogP contribution in [0.5, 0.6) is 11.5 Å². The van der Waals surface area contributed by atoms with Crippen molar-refractivity contribution in [3.8, 4) is 11.5 Å². The van der Waals surface area contributed by atoms with Gasteiger partial charge in [0.05, 0.1) is 14.2 Å². The average Bonchev–Trinajstić information content (AvgIpc) is 3.41. The number of ether oxygens (including phenoxy) is 2. The molecule has 8 heteroatoms. The number of amides is 1. The number of anilines is 1. The molecule has 1 aromatic heterocycles. The summed E-state index contributed by atoms with van der Waals surface area (Å²) in [6.07, 6.45) is 0.854. The number of methoxy groups -OCH3 is 2. The molecule has 2 aliphatic rings. The minimum Gasteiger partial charge on any atom is -0.497 e. The minimum absolute atomic E-state index is 0.236. The molecule has 8 nitrogen and oxygen atoms in total. The highest BCUT2D eigenvalue weighted by atomic mass is 16.5. The summed E-state index contributed by atoms with van der Waals surface area (Å²) in [4.78, 5) is 15.4. The number of aromatic nitrogens is 3. The van der Waals surface area contributed by atoms with Crippen molar-refractivity contribution in [3.05, 3.63) is 65.7 Å². The number of benzene rings is 2. The molecule has 0 spiro atoms. The summed E-state index contributed by atoms with van der Waals surface area (Å²) in [5.41, 5.74) is 1.98. The molecule has 1 saturated heterocycles. The normalized spacial score (nSPS) is 19.8. The molecule has 3 aromatic rings. The molecule has 2 aliphatic heterocycles. The van der Waals surface area contributed by atoms with Crippen molar-refractivity contribution in [2.24, 2.45) is 11.8 Å². The minimum atomic E-state index is -0.236. The lowest BCUT2D eigenvalue weighted by atomic mass is 9.89. The van der Waals surface area contributed by atoms with Crippen LogP contribution < -0.4 is 14.8 Å². The van der Waals surface area contributed by atoms with Crippen LogP contribution in [0.4, 0.5) is 5.69 Å². The van der Waals surface area contributed by atoms with E-state index in [-0.39, 0.29) is 5.91 Å². The Hall–Kier alpha value is -3.39. The van der Waals surface area contributed by atoms with Gasteiger partial charge in [-0.1, -0.05) is 12.1 Å². The number of nitrogens with one attached hydrogen (secondary N) is 1. The SMILES string of the molecule is COc1ccc(CN2C[C@@H]3Cn4c(nnc4C(=O)Nc4ccc(OC)cc4)C[C@H]3C2)cc1. The van der Waals surface area contributed by atoms with Crippen LogP contribution in [0.1, 0.15) is 22.0 Å². The van der Waals surface area contributed by atoms with E-state index < -0.39 is 0 Å². The van der Waals surface area contributed by atoms with Crippen molar-refractivity contribution in [3.63, 3.8) is 0 Å². The van der Waals surface area contributed by atoms with E-state index in [1.54, 1.807) is 14.2 Å². The van der Waals surface area contributed by atoms with Crippen molar-refractivity contribution in [2.45, 2.75) is 19.5 Å². The van der Waals surface area contributed by atoms with Gasteiger partial charge in [0.2, 0.25) is 5.82 Å². The van der Waals surface area contributed by atoms with Crippen LogP contribution in [-0.4, -0.2) is 52.9 Å². The third-order valence-corrected chi connectivity index (χ3v) is 6.46. The summed E-state index contributed by atoms with van der Waals surface area (Å²) >= 11 is 0. The molecule has 0 radical (unpaired) electrons. The first-order valence-corrected chi connectivity index (χ1v) is 10.9. The molecule has 0 unspecified atom stereocenters. The van der Waals surface area contributed by atoms with Gasteiger partial charge < -0.3 is 19.4 Å². The van der Waals surface area contributed by atoms with E-state index in [0.29, 0.717) is 23.3 Å². The molecule has 32 heavy (non-hydrogen) atoms. The summed E-state index contributed by atoms with van der Waals surface area (Å²) in [6.45, 7) is 3.74. The zero-order valence-electron chi connectivity index (χ0n) is 18.3. The third-order valence-electron chi connectivity index (χ3n) is 6.46. The third kappa shape index (κ3) is 4.05. The highest BCUT2D eigenvalue weighted by Crippen LogP contribution is 2.33. The number of fused-ring (bicyclic) bond motifs is 2. The van der Waals surface area contributed by atoms with E-state index in [4.69, 9.17) is 9.47 Å². The van der Waals surface area contributed by atoms with Gasteiger partial charge in [-0.05, 0) is 53.8 Å². The van der Waals surface area contributed by atoms with Gasteiger partial charge in [0.25, 0.3) is 5.91 Å². The van der Waals surface area contributed by atoms with Crippen molar-refractivity contribution in [1.29, 1.82) is 0 Å². The van der Waals surface area contributed by atoms with Gasteiger partial charge in [-0.3, -0.25) is 9.69 Å². The van der Waals surface area contributed by atoms with Crippen LogP contribution in [0.2, 0.25) is 0 Å². The number of carbonyl (C=O) groups excluding carboxylic acids is 1. The number of likely N-dealkylation sites (tertiary alicyclic amines) is 1. The standard InChI is InChI=1S/C24H27N5O3/c1-31-20-7-3-16(4-8-20)12-28-13-17-11-22-26-27-23(29(22)15-18(17)14-28)24(30)25-19-5-9-21(32-2)10-6-19/h3-10,17-18H,11-15H2,1-2H3,(H,25,30)/t17-,18+/m0/s1. The van der Waals surface area contributed by atoms with Crippen LogP contribution in [0.3, 0.4) is 0 Å². The molecule has 1 amide bonds. The molecule has 1 fully saturated rings. The van der Waals surface area contributed by atoms with Gasteiger partial charge in [-0.25, -0.2) is 0 Å². The second-order valence-electron chi connectivity index (χ2n) is 8.50. The van der Waals surface area contributed by atoms with Gasteiger partial charge >= 0.3 is 0 Å². The molecule has 2 aromatic carbocycles. The van der Waals surface area contributed by atoms with Crippen molar-refractivity contribution < 1.29 is 14.3 Å². The molecule has 3 heterocycles. The van der Waals surface area contributed by atoms with Crippen molar-refractivity contribution in [2.75, 3.05) is 32.6 Å². The molecule has 5 rings (SSSR count). The molecule has 0 bridgehead atoms. The number of hydrogen-bond donors (Lipinski definition) is 1. The molecule has 166 valence electrons. The Balaban J connectivity index is 1.24. The van der Waals surface area contributed by atoms with E-state index in [9.17, 15) is 4.79 Å². The van der Waals surface area contributed by atoms with Crippen LogP contribution in [0.25, 0.3) is 0 Å². The van der Waals surface area contributed by atoms with Crippen LogP contribution >= 0.6 is 0 Å². The average molecular weight is 434 g/mol. The lowest BCUT2D eigenvalue weighted by Gasteiger charge is -2.25. The fourth-order valence-corrected chi connectivity index (χ4v) is 4.77. The van der Waals surface area contributed by atoms with E-state index in [1.807, 2.05) is 41.0 Å². The van der Waals surface area contributed by atoms with Crippen LogP contribution in [-0.2, 0) is 19.5 Å². The number of nitrogens with zero attached hydrogens (tertiary/aromatic N) is 4. The summed E-state index contributed by atoms with van der Waals surface area (Å²) in [6, 6.07) is 15.5. The van der Waals surface area contributed by atoms with E-state index in [0.717, 1.165) is 49.9 Å². The predicted octanol–water partition coefficient (Wildman–Crippen LogP) is 2.85. The Kier molecular flexibility index (Phi) is 5.53. The highest BCUT2D eigenvalue weighted by Gasteiger charge is 2.39. The van der Waals surface area contributed by atoms with Gasteiger partial charge in [0.1, 0.15) is 17.3 Å². The Labute approximate surface area is 187 Å². The predicted molar refractivity (Wildman–Crippen MR) is 120 cm³/mol. The van der Waals surface area contributed by atoms with Gasteiger partial charge in [-0.2, -0.15) is 0 Å². The summed E-state index contributed by atoms with van der Waals surface area (Å²) in [5.74, 6) is 3.70. The number of rotatable bonds is 6. The van der Waals surface area contributed by atoms with Gasteiger partial charge in [-0.15, -0.1) is 10.2 Å². The molecular weight excluding hydrogens is 406 g/mol. The maximum Gasteiger partial charge on any atom is 0.293 e. The zero-order valence-corrected chi connectivity index (χ0v) is 18.3. The van der Waals surface area contributed by atoms with Gasteiger partial charge in [0, 0.05) is 38.3 Å². The van der Waals surface area contributed by atoms with Crippen LogP contribution in [0.15, 0.2) is 48.5 Å². The Morgan fingerprint density at radius 1 is 0.938 bits per heavy atom. The Morgan fingerprint density at radius 2 is 1.59 bits per heavy atom. The van der Waals surface area contributed by atoms with Crippen molar-refractivity contribution >= 4 is 11.6 Å². The Bertz CT molecular complexity index is 1090. The summed E-state index contributed by atoms with van der Waals surface area (Å²) in [7, 11) is 3.30. The fraction of sp³-hybridized carbons (Fsp3) is 0.375. The number of hydrogen-bond acceptors (Lipinski definition) is 6. The van der Waals surface area contributed by atoms with E-state index >= 15 is 0 Å². The fourth-order valence-electron chi connectivity index (χ4n) is 4.77. The maximum absolute atomic E-state index is 12.9. The quantitative estimate of drug-likeness (QED) is 0.644. The summed E-state index contributed by atoms with van der Waals surface area (Å²) < 4.78 is 12.4. The van der Waals surface area contributed by atoms with E-state index in [2.05, 4.69) is 32.5 Å². The first kappa shape index (κ1) is 20.5. The summed E-state index contributed by atoms with van der Waals surface area (Å²) in [5, 5.41) is 11.5. The molecule has 2 atom stereocenters. The molecular formula is C24H27N5O3. The topological polar surface area (TPSA) is 81.5 Å². The second-order valence-corrected chi connectivity index (χ2v) is 8.50. The highest BCUT2D eigenvalue weighted by molar-refractivity contribution is 6.01. The number of carbonyl (C=O) groups is 1. The lowest BCUT2D eigenvalue weighted by Crippen LogP contribution is -2.31. The Morgan fingerprint density at radius 3 is 2.28 bits per heavy atom. The van der Waals surface area contributed by atoms with Crippen LogP contribution in [0, 0.1) is 11.8 Å². The van der Waals surface area contributed by atoms with E-state index in [1.165, 1.54) is 5.56 Å². The molecule has 0 aliphatic carbocycles. The first-order valence-electron chi connectivity index (χ1n) is 10.9. The maximum atomic E-state index is 12.9. The smallest absolute Gasteiger partial charge is 0.293 e.